The molecule has 112 valence electrons. The third kappa shape index (κ3) is 3.46. The van der Waals surface area contributed by atoms with Crippen LogP contribution in [0, 0.1) is 13.8 Å². The van der Waals surface area contributed by atoms with Gasteiger partial charge in [-0.3, -0.25) is 0 Å². The predicted octanol–water partition coefficient (Wildman–Crippen LogP) is 1.40. The van der Waals surface area contributed by atoms with Crippen LogP contribution in [0.2, 0.25) is 5.02 Å². The van der Waals surface area contributed by atoms with E-state index in [1.165, 1.54) is 12.1 Å². The summed E-state index contributed by atoms with van der Waals surface area (Å²) in [6.45, 7) is 3.68. The molecule has 0 atom stereocenters. The number of nitrogens with one attached hydrogen (secondary N) is 1. The molecular weight excluding hydrogens is 314 g/mol. The lowest BCUT2D eigenvalue weighted by molar-refractivity contribution is 0.600. The minimum absolute atomic E-state index is 0.00604. The van der Waals surface area contributed by atoms with Crippen molar-refractivity contribution < 1.29 is 8.42 Å². The fourth-order valence-electron chi connectivity index (χ4n) is 1.54. The molecule has 1 aromatic heterocycles. The minimum atomic E-state index is -3.83. The molecule has 3 N–H and O–H groups in total. The van der Waals surface area contributed by atoms with E-state index in [9.17, 15) is 8.42 Å². The molecule has 21 heavy (non-hydrogen) atoms. The van der Waals surface area contributed by atoms with E-state index in [0.717, 1.165) is 0 Å². The van der Waals surface area contributed by atoms with Crippen molar-refractivity contribution in [2.75, 3.05) is 4.72 Å². The Kier molecular flexibility index (Phi) is 4.40. The maximum Gasteiger partial charge on any atom is 0.264 e. The van der Waals surface area contributed by atoms with Crippen molar-refractivity contribution in [2.45, 2.75) is 25.3 Å². The molecule has 0 bridgehead atoms. The Labute approximate surface area is 127 Å². The molecule has 0 aliphatic carbocycles. The Morgan fingerprint density at radius 1 is 1.24 bits per heavy atom. The van der Waals surface area contributed by atoms with Crippen molar-refractivity contribution in [3.8, 4) is 0 Å². The second kappa shape index (κ2) is 5.92. The highest BCUT2D eigenvalue weighted by Gasteiger charge is 2.17. The van der Waals surface area contributed by atoms with Gasteiger partial charge in [0.25, 0.3) is 16.0 Å². The number of halogens is 1. The minimum Gasteiger partial charge on any atom is -0.326 e. The van der Waals surface area contributed by atoms with Crippen LogP contribution >= 0.6 is 11.6 Å². The topological polar surface area (TPSA) is 111 Å². The van der Waals surface area contributed by atoms with Gasteiger partial charge in [-0.1, -0.05) is 17.7 Å². The quantitative estimate of drug-likeness (QED) is 0.878. The lowest BCUT2D eigenvalue weighted by Gasteiger charge is -2.09. The van der Waals surface area contributed by atoms with Crippen LogP contribution < -0.4 is 10.5 Å². The molecule has 7 nitrogen and oxygen atoms in total. The largest absolute Gasteiger partial charge is 0.326 e. The van der Waals surface area contributed by atoms with Gasteiger partial charge in [0.05, 0.1) is 16.3 Å². The van der Waals surface area contributed by atoms with E-state index in [4.69, 9.17) is 17.3 Å². The Balaban J connectivity index is 2.33. The number of hydrogen-bond donors (Lipinski definition) is 2. The number of nitrogens with two attached hydrogens (primary N) is 1. The molecule has 0 amide bonds. The van der Waals surface area contributed by atoms with E-state index in [-0.39, 0.29) is 17.4 Å². The van der Waals surface area contributed by atoms with Gasteiger partial charge in [-0.2, -0.15) is 5.10 Å². The van der Waals surface area contributed by atoms with Crippen molar-refractivity contribution in [1.82, 2.24) is 15.2 Å². The zero-order chi connectivity index (χ0) is 15.6. The summed E-state index contributed by atoms with van der Waals surface area (Å²) in [5.74, 6) is -0.0860. The van der Waals surface area contributed by atoms with E-state index in [0.29, 0.717) is 22.0 Å². The molecule has 0 fully saturated rings. The lowest BCUT2D eigenvalue weighted by atomic mass is 10.2. The van der Waals surface area contributed by atoms with Gasteiger partial charge in [-0.05, 0) is 31.5 Å². The van der Waals surface area contributed by atoms with Crippen LogP contribution in [-0.4, -0.2) is 23.6 Å². The summed E-state index contributed by atoms with van der Waals surface area (Å²) in [5, 5.41) is 7.81. The molecule has 0 aliphatic heterocycles. The van der Waals surface area contributed by atoms with Crippen molar-refractivity contribution in [1.29, 1.82) is 0 Å². The number of benzene rings is 1. The van der Waals surface area contributed by atoms with Crippen LogP contribution in [0.25, 0.3) is 0 Å². The Bertz CT molecular complexity index is 779. The molecule has 1 heterocycles. The summed E-state index contributed by atoms with van der Waals surface area (Å²) in [4.78, 5) is 4.03. The van der Waals surface area contributed by atoms with E-state index >= 15 is 0 Å². The number of hydrogen-bond acceptors (Lipinski definition) is 6. The summed E-state index contributed by atoms with van der Waals surface area (Å²) in [6.07, 6.45) is 0. The second-order valence-electron chi connectivity index (χ2n) is 4.37. The highest BCUT2D eigenvalue weighted by molar-refractivity contribution is 7.92. The molecule has 2 rings (SSSR count). The third-order valence-electron chi connectivity index (χ3n) is 2.87. The van der Waals surface area contributed by atoms with Gasteiger partial charge < -0.3 is 5.73 Å². The zero-order valence-electron chi connectivity index (χ0n) is 11.5. The molecule has 0 spiro atoms. The normalized spacial score (nSPS) is 11.4. The van der Waals surface area contributed by atoms with Crippen LogP contribution in [0.4, 0.5) is 5.95 Å². The summed E-state index contributed by atoms with van der Waals surface area (Å²) in [5.41, 5.74) is 7.38. The highest BCUT2D eigenvalue weighted by Crippen LogP contribution is 2.21. The van der Waals surface area contributed by atoms with Crippen LogP contribution in [0.1, 0.15) is 17.0 Å². The lowest BCUT2D eigenvalue weighted by Crippen LogP contribution is -2.16. The highest BCUT2D eigenvalue weighted by atomic mass is 35.5. The first kappa shape index (κ1) is 15.6. The molecule has 0 radical (unpaired) electrons. The molecule has 0 unspecified atom stereocenters. The van der Waals surface area contributed by atoms with Gasteiger partial charge in [0.2, 0.25) is 0 Å². The number of sulfonamides is 1. The maximum absolute atomic E-state index is 12.2. The number of aromatic nitrogens is 3. The maximum atomic E-state index is 12.2. The van der Waals surface area contributed by atoms with E-state index in [1.54, 1.807) is 19.9 Å². The molecular formula is C12H14ClN5O2S. The zero-order valence-corrected chi connectivity index (χ0v) is 13.0. The Morgan fingerprint density at radius 2 is 1.95 bits per heavy atom. The number of aryl methyl sites for hydroxylation is 2. The van der Waals surface area contributed by atoms with Crippen molar-refractivity contribution in [2.24, 2.45) is 5.73 Å². The standard InChI is InChI=1S/C12H14ClN5O2S/c1-7-8(2)16-17-12(15-7)18-21(19,20)10-4-3-9(6-14)11(13)5-10/h3-5H,6,14H2,1-2H3,(H,15,17,18). The van der Waals surface area contributed by atoms with Gasteiger partial charge in [0.1, 0.15) is 0 Å². The third-order valence-corrected chi connectivity index (χ3v) is 4.55. The smallest absolute Gasteiger partial charge is 0.264 e. The van der Waals surface area contributed by atoms with Gasteiger partial charge in [-0.15, -0.1) is 5.10 Å². The van der Waals surface area contributed by atoms with Crippen LogP contribution in [0.15, 0.2) is 23.1 Å². The average molecular weight is 328 g/mol. The van der Waals surface area contributed by atoms with E-state index in [2.05, 4.69) is 19.9 Å². The van der Waals surface area contributed by atoms with Gasteiger partial charge >= 0.3 is 0 Å². The van der Waals surface area contributed by atoms with E-state index in [1.807, 2.05) is 0 Å². The summed E-state index contributed by atoms with van der Waals surface area (Å²) in [7, 11) is -3.83. The number of rotatable bonds is 4. The van der Waals surface area contributed by atoms with E-state index < -0.39 is 10.0 Å². The predicted molar refractivity (Wildman–Crippen MR) is 79.5 cm³/mol. The van der Waals surface area contributed by atoms with Gasteiger partial charge in [0, 0.05) is 11.6 Å². The first-order valence-corrected chi connectivity index (χ1v) is 7.89. The Hall–Kier alpha value is -1.77. The molecule has 9 heteroatoms. The van der Waals surface area contributed by atoms with Crippen molar-refractivity contribution in [3.05, 3.63) is 40.2 Å². The molecule has 0 saturated carbocycles. The molecule has 1 aromatic carbocycles. The average Bonchev–Trinajstić information content (AvgIpc) is 2.42. The van der Waals surface area contributed by atoms with Gasteiger partial charge in [-0.25, -0.2) is 18.1 Å². The van der Waals surface area contributed by atoms with Crippen LogP contribution in [0.3, 0.4) is 0 Å². The fourth-order valence-corrected chi connectivity index (χ4v) is 2.83. The van der Waals surface area contributed by atoms with Crippen molar-refractivity contribution >= 4 is 27.6 Å². The SMILES string of the molecule is Cc1nnc(NS(=O)(=O)c2ccc(CN)c(Cl)c2)nc1C. The number of nitrogens with zero attached hydrogens (tertiary/aromatic N) is 3. The van der Waals surface area contributed by atoms with Crippen LogP contribution in [-0.2, 0) is 16.6 Å². The molecule has 0 saturated heterocycles. The number of anilines is 1. The van der Waals surface area contributed by atoms with Gasteiger partial charge in [0.15, 0.2) is 0 Å². The first-order valence-electron chi connectivity index (χ1n) is 6.02. The molecule has 2 aromatic rings. The monoisotopic (exact) mass is 327 g/mol. The second-order valence-corrected chi connectivity index (χ2v) is 6.46. The summed E-state index contributed by atoms with van der Waals surface area (Å²) < 4.78 is 26.7. The van der Waals surface area contributed by atoms with Crippen LogP contribution in [0.5, 0.6) is 0 Å². The summed E-state index contributed by atoms with van der Waals surface area (Å²) >= 11 is 5.97. The molecule has 0 aliphatic rings. The fraction of sp³-hybridized carbons (Fsp3) is 0.250. The Morgan fingerprint density at radius 3 is 2.52 bits per heavy atom. The van der Waals surface area contributed by atoms with Crippen molar-refractivity contribution in [3.63, 3.8) is 0 Å². The first-order chi connectivity index (χ1) is 9.83. The summed E-state index contributed by atoms with van der Waals surface area (Å²) in [6, 6.07) is 4.32.